The molecule has 0 saturated heterocycles. The molecule has 0 amide bonds. The van der Waals surface area contributed by atoms with Gasteiger partial charge in [-0.15, -0.1) is 0 Å². The Morgan fingerprint density at radius 3 is 2.85 bits per heavy atom. The highest BCUT2D eigenvalue weighted by molar-refractivity contribution is 9.09. The molecule has 70 valence electrons. The van der Waals surface area contributed by atoms with E-state index < -0.39 is 0 Å². The summed E-state index contributed by atoms with van der Waals surface area (Å²) in [7, 11) is 0. The highest BCUT2D eigenvalue weighted by Crippen LogP contribution is 2.05. The number of hydrogen-bond acceptors (Lipinski definition) is 0. The maximum absolute atomic E-state index is 3.40. The lowest BCUT2D eigenvalue weighted by molar-refractivity contribution is 1.19. The fourth-order valence-electron chi connectivity index (χ4n) is 1.24. The van der Waals surface area contributed by atoms with E-state index in [0.29, 0.717) is 0 Å². The van der Waals surface area contributed by atoms with Gasteiger partial charge in [-0.3, -0.25) is 0 Å². The average Bonchev–Trinajstić information content (AvgIpc) is 2.13. The molecule has 0 aliphatic rings. The summed E-state index contributed by atoms with van der Waals surface area (Å²) in [5.41, 5.74) is 2.73. The van der Waals surface area contributed by atoms with Gasteiger partial charge in [0, 0.05) is 5.33 Å². The first-order valence-electron chi connectivity index (χ1n) is 4.59. The monoisotopic (exact) mass is 238 g/mol. The molecule has 13 heavy (non-hydrogen) atoms. The molecule has 1 aromatic carbocycles. The van der Waals surface area contributed by atoms with Crippen LogP contribution in [0.2, 0.25) is 0 Å². The fourth-order valence-corrected chi connectivity index (χ4v) is 1.50. The number of benzene rings is 1. The molecule has 1 aromatic rings. The Morgan fingerprint density at radius 1 is 1.31 bits per heavy atom. The van der Waals surface area contributed by atoms with E-state index in [9.17, 15) is 0 Å². The Labute approximate surface area is 88.8 Å². The summed E-state index contributed by atoms with van der Waals surface area (Å²) in [5.74, 6) is 0. The molecule has 0 aliphatic heterocycles. The minimum atomic E-state index is 1.05. The van der Waals surface area contributed by atoms with Crippen molar-refractivity contribution in [1.82, 2.24) is 0 Å². The number of allylic oxidation sites excluding steroid dienone is 2. The second-order valence-electron chi connectivity index (χ2n) is 3.14. The van der Waals surface area contributed by atoms with Crippen molar-refractivity contribution < 1.29 is 0 Å². The summed E-state index contributed by atoms with van der Waals surface area (Å²) < 4.78 is 0. The highest BCUT2D eigenvalue weighted by atomic mass is 79.9. The number of rotatable bonds is 4. The molecule has 0 bridgehead atoms. The molecule has 1 rings (SSSR count). The van der Waals surface area contributed by atoms with Gasteiger partial charge in [0.05, 0.1) is 0 Å². The molecule has 0 aliphatic carbocycles. The molecule has 0 fully saturated rings. The van der Waals surface area contributed by atoms with Crippen molar-refractivity contribution in [2.75, 3.05) is 5.33 Å². The van der Waals surface area contributed by atoms with E-state index >= 15 is 0 Å². The first-order chi connectivity index (χ1) is 6.33. The van der Waals surface area contributed by atoms with E-state index in [4.69, 9.17) is 0 Å². The molecule has 0 saturated carbocycles. The van der Waals surface area contributed by atoms with E-state index in [0.717, 1.165) is 18.2 Å². The maximum atomic E-state index is 3.40. The lowest BCUT2D eigenvalue weighted by atomic mass is 10.1. The van der Waals surface area contributed by atoms with Crippen molar-refractivity contribution in [3.63, 3.8) is 0 Å². The van der Waals surface area contributed by atoms with Crippen molar-refractivity contribution in [3.05, 3.63) is 47.5 Å². The van der Waals surface area contributed by atoms with E-state index in [2.05, 4.69) is 59.3 Å². The predicted molar refractivity (Wildman–Crippen MR) is 62.4 cm³/mol. The topological polar surface area (TPSA) is 0 Å². The second kappa shape index (κ2) is 5.98. The molecular weight excluding hydrogens is 224 g/mol. The fraction of sp³-hybridized carbons (Fsp3) is 0.333. The molecular formula is C12H15Br. The summed E-state index contributed by atoms with van der Waals surface area (Å²) in [5, 5.41) is 1.05. The first kappa shape index (κ1) is 10.5. The first-order valence-corrected chi connectivity index (χ1v) is 5.71. The van der Waals surface area contributed by atoms with Crippen molar-refractivity contribution in [3.8, 4) is 0 Å². The Bertz CT molecular complexity index is 276. The van der Waals surface area contributed by atoms with Crippen LogP contribution in [0.4, 0.5) is 0 Å². The van der Waals surface area contributed by atoms with E-state index in [1.165, 1.54) is 11.1 Å². The summed E-state index contributed by atoms with van der Waals surface area (Å²) >= 11 is 3.40. The van der Waals surface area contributed by atoms with Gasteiger partial charge < -0.3 is 0 Å². The summed E-state index contributed by atoms with van der Waals surface area (Å²) in [6, 6.07) is 8.65. The SMILES string of the molecule is Cc1cccc(CC=CCCBr)c1. The molecule has 0 spiro atoms. The van der Waals surface area contributed by atoms with Crippen molar-refractivity contribution in [2.45, 2.75) is 19.8 Å². The zero-order valence-corrected chi connectivity index (χ0v) is 9.55. The third-order valence-electron chi connectivity index (χ3n) is 1.88. The largest absolute Gasteiger partial charge is 0.0925 e. The van der Waals surface area contributed by atoms with Crippen molar-refractivity contribution >= 4 is 15.9 Å². The molecule has 0 nitrogen and oxygen atoms in total. The molecule has 0 unspecified atom stereocenters. The molecule has 0 radical (unpaired) electrons. The molecule has 1 heteroatoms. The van der Waals surface area contributed by atoms with Gasteiger partial charge >= 0.3 is 0 Å². The van der Waals surface area contributed by atoms with Gasteiger partial charge in [-0.25, -0.2) is 0 Å². The normalized spacial score (nSPS) is 10.9. The lowest BCUT2D eigenvalue weighted by Gasteiger charge is -1.97. The molecule has 0 N–H and O–H groups in total. The summed E-state index contributed by atoms with van der Waals surface area (Å²) in [6.45, 7) is 2.13. The van der Waals surface area contributed by atoms with Gasteiger partial charge in [-0.2, -0.15) is 0 Å². The van der Waals surface area contributed by atoms with Gasteiger partial charge in [0.15, 0.2) is 0 Å². The third kappa shape index (κ3) is 4.28. The van der Waals surface area contributed by atoms with Crippen LogP contribution in [0.3, 0.4) is 0 Å². The molecule has 0 atom stereocenters. The zero-order chi connectivity index (χ0) is 9.52. The quantitative estimate of drug-likeness (QED) is 0.552. The highest BCUT2D eigenvalue weighted by Gasteiger charge is 1.88. The van der Waals surface area contributed by atoms with Gasteiger partial charge in [-0.1, -0.05) is 57.9 Å². The molecule has 0 aromatic heterocycles. The zero-order valence-electron chi connectivity index (χ0n) is 7.96. The van der Waals surface area contributed by atoms with Gasteiger partial charge in [0.2, 0.25) is 0 Å². The predicted octanol–water partition coefficient (Wildman–Crippen LogP) is 3.88. The maximum Gasteiger partial charge on any atom is 0.00659 e. The van der Waals surface area contributed by atoms with E-state index in [-0.39, 0.29) is 0 Å². The number of alkyl halides is 1. The number of aryl methyl sites for hydroxylation is 1. The summed E-state index contributed by atoms with van der Waals surface area (Å²) in [6.07, 6.45) is 6.62. The van der Waals surface area contributed by atoms with E-state index in [1.807, 2.05) is 0 Å². The average molecular weight is 239 g/mol. The van der Waals surface area contributed by atoms with Crippen LogP contribution in [0, 0.1) is 6.92 Å². The Kier molecular flexibility index (Phi) is 4.84. The Balaban J connectivity index is 2.45. The summed E-state index contributed by atoms with van der Waals surface area (Å²) in [4.78, 5) is 0. The van der Waals surface area contributed by atoms with Crippen molar-refractivity contribution in [1.29, 1.82) is 0 Å². The van der Waals surface area contributed by atoms with Crippen LogP contribution in [0.1, 0.15) is 17.5 Å². The molecule has 0 heterocycles. The lowest BCUT2D eigenvalue weighted by Crippen LogP contribution is -1.81. The van der Waals surface area contributed by atoms with Crippen LogP contribution in [-0.2, 0) is 6.42 Å². The van der Waals surface area contributed by atoms with Crippen molar-refractivity contribution in [2.24, 2.45) is 0 Å². The Morgan fingerprint density at radius 2 is 2.15 bits per heavy atom. The minimum absolute atomic E-state index is 1.05. The van der Waals surface area contributed by atoms with Gasteiger partial charge in [0.25, 0.3) is 0 Å². The van der Waals surface area contributed by atoms with Crippen LogP contribution < -0.4 is 0 Å². The van der Waals surface area contributed by atoms with Crippen LogP contribution in [0.5, 0.6) is 0 Å². The third-order valence-corrected chi connectivity index (χ3v) is 2.34. The standard InChI is InChI=1S/C12H15Br/c1-11-6-5-8-12(10-11)7-3-2-4-9-13/h2-3,5-6,8,10H,4,7,9H2,1H3. The van der Waals surface area contributed by atoms with E-state index in [1.54, 1.807) is 0 Å². The van der Waals surface area contributed by atoms with Crippen LogP contribution in [-0.4, -0.2) is 5.33 Å². The second-order valence-corrected chi connectivity index (χ2v) is 3.94. The van der Waals surface area contributed by atoms with Gasteiger partial charge in [-0.05, 0) is 25.3 Å². The van der Waals surface area contributed by atoms with Crippen LogP contribution in [0.15, 0.2) is 36.4 Å². The van der Waals surface area contributed by atoms with Crippen LogP contribution >= 0.6 is 15.9 Å². The Hall–Kier alpha value is -0.560. The minimum Gasteiger partial charge on any atom is -0.0925 e. The smallest absolute Gasteiger partial charge is 0.00659 e. The number of hydrogen-bond donors (Lipinski definition) is 0. The number of halogens is 1. The van der Waals surface area contributed by atoms with Crippen LogP contribution in [0.25, 0.3) is 0 Å². The van der Waals surface area contributed by atoms with Gasteiger partial charge in [0.1, 0.15) is 0 Å².